The molecule has 0 bridgehead atoms. The number of amides is 2. The largest absolute Gasteiger partial charge is 0.355 e. The van der Waals surface area contributed by atoms with Crippen LogP contribution in [0.25, 0.3) is 0 Å². The number of nitrogens with zero attached hydrogens (tertiary/aromatic N) is 1. The summed E-state index contributed by atoms with van der Waals surface area (Å²) < 4.78 is 0. The van der Waals surface area contributed by atoms with Crippen molar-refractivity contribution in [1.82, 2.24) is 10.2 Å². The van der Waals surface area contributed by atoms with E-state index in [1.54, 1.807) is 20.9 Å². The van der Waals surface area contributed by atoms with Crippen LogP contribution in [0.5, 0.6) is 0 Å². The number of rotatable bonds is 6. The van der Waals surface area contributed by atoms with E-state index in [-0.39, 0.29) is 18.4 Å². The molecule has 0 saturated carbocycles. The molecular formula is C13H27N3O2. The molecule has 0 atom stereocenters. The van der Waals surface area contributed by atoms with Gasteiger partial charge in [-0.05, 0) is 34.1 Å². The summed E-state index contributed by atoms with van der Waals surface area (Å²) in [6, 6.07) is 0. The first-order valence-electron chi connectivity index (χ1n) is 6.35. The van der Waals surface area contributed by atoms with Crippen molar-refractivity contribution in [2.24, 2.45) is 11.1 Å². The Balaban J connectivity index is 4.57. The Labute approximate surface area is 110 Å². The molecule has 0 saturated heterocycles. The Morgan fingerprint density at radius 2 is 1.72 bits per heavy atom. The molecule has 18 heavy (non-hydrogen) atoms. The maximum absolute atomic E-state index is 12.3. The van der Waals surface area contributed by atoms with Crippen molar-refractivity contribution in [3.8, 4) is 0 Å². The van der Waals surface area contributed by atoms with Gasteiger partial charge in [0.05, 0.1) is 12.0 Å². The van der Waals surface area contributed by atoms with Gasteiger partial charge < -0.3 is 16.0 Å². The molecule has 106 valence electrons. The van der Waals surface area contributed by atoms with Crippen LogP contribution in [0.4, 0.5) is 0 Å². The van der Waals surface area contributed by atoms with Gasteiger partial charge in [-0.25, -0.2) is 0 Å². The lowest BCUT2D eigenvalue weighted by molar-refractivity contribution is -0.144. The molecular weight excluding hydrogens is 230 g/mol. The predicted molar refractivity (Wildman–Crippen MR) is 73.0 cm³/mol. The Kier molecular flexibility index (Phi) is 5.80. The van der Waals surface area contributed by atoms with Crippen LogP contribution >= 0.6 is 0 Å². The second kappa shape index (κ2) is 6.18. The van der Waals surface area contributed by atoms with Gasteiger partial charge in [-0.2, -0.15) is 0 Å². The monoisotopic (exact) mass is 257 g/mol. The topological polar surface area (TPSA) is 75.4 Å². The second-order valence-corrected chi connectivity index (χ2v) is 5.86. The summed E-state index contributed by atoms with van der Waals surface area (Å²) in [7, 11) is 1.63. The summed E-state index contributed by atoms with van der Waals surface area (Å²) in [5.41, 5.74) is 4.66. The van der Waals surface area contributed by atoms with Crippen molar-refractivity contribution in [2.45, 2.75) is 46.6 Å². The predicted octanol–water partition coefficient (Wildman–Crippen LogP) is 0.735. The Morgan fingerprint density at radius 3 is 2.11 bits per heavy atom. The summed E-state index contributed by atoms with van der Waals surface area (Å²) in [6.45, 7) is 9.91. The average molecular weight is 257 g/mol. The minimum atomic E-state index is -0.715. The summed E-state index contributed by atoms with van der Waals surface area (Å²) in [5.74, 6) is -0.264. The minimum absolute atomic E-state index is 0.0678. The van der Waals surface area contributed by atoms with E-state index in [9.17, 15) is 9.59 Å². The fraction of sp³-hybridized carbons (Fsp3) is 0.846. The summed E-state index contributed by atoms with van der Waals surface area (Å²) >= 11 is 0. The number of carbonyl (C=O) groups excluding carboxylic acids is 2. The van der Waals surface area contributed by atoms with Gasteiger partial charge in [-0.1, -0.05) is 6.92 Å². The lowest BCUT2D eigenvalue weighted by atomic mass is 9.74. The highest BCUT2D eigenvalue weighted by molar-refractivity contribution is 5.88. The summed E-state index contributed by atoms with van der Waals surface area (Å²) in [4.78, 5) is 25.3. The van der Waals surface area contributed by atoms with E-state index in [0.29, 0.717) is 6.54 Å². The van der Waals surface area contributed by atoms with E-state index >= 15 is 0 Å². The third kappa shape index (κ3) is 4.29. The smallest absolute Gasteiger partial charge is 0.239 e. The van der Waals surface area contributed by atoms with Crippen LogP contribution in [0.15, 0.2) is 0 Å². The Bertz CT molecular complexity index is 306. The van der Waals surface area contributed by atoms with Crippen molar-refractivity contribution in [1.29, 1.82) is 0 Å². The Morgan fingerprint density at radius 1 is 1.22 bits per heavy atom. The first kappa shape index (κ1) is 16.9. The van der Waals surface area contributed by atoms with Crippen molar-refractivity contribution < 1.29 is 9.59 Å². The summed E-state index contributed by atoms with van der Waals surface area (Å²) in [6.07, 6.45) is 0.880. The zero-order chi connectivity index (χ0) is 14.6. The SMILES string of the molecule is CCCNC(=O)CN(C)C(=O)C(C)(C)C(C)(C)N. The van der Waals surface area contributed by atoms with Crippen LogP contribution in [0.2, 0.25) is 0 Å². The van der Waals surface area contributed by atoms with Crippen molar-refractivity contribution in [3.05, 3.63) is 0 Å². The van der Waals surface area contributed by atoms with Crippen LogP contribution < -0.4 is 11.1 Å². The van der Waals surface area contributed by atoms with Gasteiger partial charge in [0.15, 0.2) is 0 Å². The molecule has 0 aromatic heterocycles. The highest BCUT2D eigenvalue weighted by Crippen LogP contribution is 2.30. The Hall–Kier alpha value is -1.10. The van der Waals surface area contributed by atoms with E-state index in [1.807, 2.05) is 20.8 Å². The maximum Gasteiger partial charge on any atom is 0.239 e. The van der Waals surface area contributed by atoms with E-state index in [2.05, 4.69) is 5.32 Å². The molecule has 2 amide bonds. The molecule has 3 N–H and O–H groups in total. The quantitative estimate of drug-likeness (QED) is 0.736. The lowest BCUT2D eigenvalue weighted by Crippen LogP contribution is -2.56. The van der Waals surface area contributed by atoms with Crippen LogP contribution in [0.3, 0.4) is 0 Å². The highest BCUT2D eigenvalue weighted by Gasteiger charge is 2.42. The first-order valence-corrected chi connectivity index (χ1v) is 6.35. The van der Waals surface area contributed by atoms with Gasteiger partial charge in [-0.15, -0.1) is 0 Å². The molecule has 0 heterocycles. The third-order valence-electron chi connectivity index (χ3n) is 3.45. The van der Waals surface area contributed by atoms with E-state index < -0.39 is 11.0 Å². The van der Waals surface area contributed by atoms with Gasteiger partial charge >= 0.3 is 0 Å². The third-order valence-corrected chi connectivity index (χ3v) is 3.45. The molecule has 0 spiro atoms. The molecule has 0 aliphatic rings. The molecule has 0 aromatic carbocycles. The summed E-state index contributed by atoms with van der Waals surface area (Å²) in [5, 5.41) is 2.74. The van der Waals surface area contributed by atoms with E-state index in [0.717, 1.165) is 6.42 Å². The fourth-order valence-electron chi connectivity index (χ4n) is 1.36. The number of nitrogens with one attached hydrogen (secondary N) is 1. The van der Waals surface area contributed by atoms with Gasteiger partial charge in [-0.3, -0.25) is 9.59 Å². The molecule has 0 unspecified atom stereocenters. The van der Waals surface area contributed by atoms with Crippen molar-refractivity contribution in [2.75, 3.05) is 20.1 Å². The van der Waals surface area contributed by atoms with Crippen LogP contribution in [-0.2, 0) is 9.59 Å². The molecule has 5 nitrogen and oxygen atoms in total. The number of likely N-dealkylation sites (N-methyl/N-ethyl adjacent to an activating group) is 1. The standard InChI is InChI=1S/C13H27N3O2/c1-7-8-15-10(17)9-16(6)11(18)12(2,3)13(4,5)14/h7-9,14H2,1-6H3,(H,15,17). The van der Waals surface area contributed by atoms with Crippen LogP contribution in [0.1, 0.15) is 41.0 Å². The highest BCUT2D eigenvalue weighted by atomic mass is 16.2. The maximum atomic E-state index is 12.3. The van der Waals surface area contributed by atoms with Gasteiger partial charge in [0.25, 0.3) is 0 Å². The molecule has 0 aliphatic heterocycles. The number of nitrogens with two attached hydrogens (primary N) is 1. The van der Waals surface area contributed by atoms with Gasteiger partial charge in [0.2, 0.25) is 11.8 Å². The van der Waals surface area contributed by atoms with Crippen molar-refractivity contribution >= 4 is 11.8 Å². The molecule has 0 fully saturated rings. The normalized spacial score (nSPS) is 12.2. The van der Waals surface area contributed by atoms with Crippen LogP contribution in [0, 0.1) is 5.41 Å². The molecule has 5 heteroatoms. The number of hydrogen-bond donors (Lipinski definition) is 2. The average Bonchev–Trinajstić information content (AvgIpc) is 2.23. The molecule has 0 radical (unpaired) electrons. The second-order valence-electron chi connectivity index (χ2n) is 5.86. The van der Waals surface area contributed by atoms with Gasteiger partial charge in [0, 0.05) is 19.1 Å². The fourth-order valence-corrected chi connectivity index (χ4v) is 1.36. The minimum Gasteiger partial charge on any atom is -0.355 e. The molecule has 0 aromatic rings. The van der Waals surface area contributed by atoms with Gasteiger partial charge in [0.1, 0.15) is 0 Å². The molecule has 0 rings (SSSR count). The lowest BCUT2D eigenvalue weighted by Gasteiger charge is -2.39. The number of carbonyl (C=O) groups is 2. The zero-order valence-corrected chi connectivity index (χ0v) is 12.5. The van der Waals surface area contributed by atoms with Crippen LogP contribution in [-0.4, -0.2) is 42.4 Å². The van der Waals surface area contributed by atoms with E-state index in [1.165, 1.54) is 4.90 Å². The molecule has 0 aliphatic carbocycles. The first-order chi connectivity index (χ1) is 8.04. The number of hydrogen-bond acceptors (Lipinski definition) is 3. The van der Waals surface area contributed by atoms with E-state index in [4.69, 9.17) is 5.73 Å². The zero-order valence-electron chi connectivity index (χ0n) is 12.5. The van der Waals surface area contributed by atoms with Crippen molar-refractivity contribution in [3.63, 3.8) is 0 Å².